The number of likely N-dealkylation sites (N-methyl/N-ethyl adjacent to an activating group) is 1. The fourth-order valence-corrected chi connectivity index (χ4v) is 3.55. The molecular formula is C19H30N6O. The molecule has 7 heteroatoms. The van der Waals surface area contributed by atoms with Crippen LogP contribution in [0.1, 0.15) is 36.6 Å². The van der Waals surface area contributed by atoms with Crippen molar-refractivity contribution in [3.05, 3.63) is 36.2 Å². The fourth-order valence-electron chi connectivity index (χ4n) is 3.55. The van der Waals surface area contributed by atoms with Crippen LogP contribution >= 0.6 is 0 Å². The van der Waals surface area contributed by atoms with E-state index in [2.05, 4.69) is 39.8 Å². The summed E-state index contributed by atoms with van der Waals surface area (Å²) in [7, 11) is 4.16. The summed E-state index contributed by atoms with van der Waals surface area (Å²) in [6.45, 7) is 6.21. The molecule has 1 atom stereocenters. The number of nitrogens with zero attached hydrogens (tertiary/aromatic N) is 6. The number of carbonyl (C=O) groups excluding carboxylic acids is 1. The van der Waals surface area contributed by atoms with E-state index in [1.165, 1.54) is 0 Å². The van der Waals surface area contributed by atoms with Crippen molar-refractivity contribution < 1.29 is 4.79 Å². The molecule has 0 spiro atoms. The first-order chi connectivity index (χ1) is 12.5. The molecule has 7 nitrogen and oxygen atoms in total. The minimum atomic E-state index is 0.217. The summed E-state index contributed by atoms with van der Waals surface area (Å²) in [4.78, 5) is 21.4. The highest BCUT2D eigenvalue weighted by Gasteiger charge is 2.27. The Bertz CT molecular complexity index is 719. The van der Waals surface area contributed by atoms with Crippen LogP contribution < -0.4 is 0 Å². The molecule has 3 heterocycles. The summed E-state index contributed by atoms with van der Waals surface area (Å²) in [5.41, 5.74) is 1.13. The zero-order valence-electron chi connectivity index (χ0n) is 16.1. The number of hydrogen-bond donors (Lipinski definition) is 0. The predicted octanol–water partition coefficient (Wildman–Crippen LogP) is 1.75. The SMILES string of the molecule is Cc1cnn(CCC(=O)N2CCCC(c3nccn3CCN(C)C)C2)c1. The molecule has 0 aliphatic carbocycles. The van der Waals surface area contributed by atoms with Gasteiger partial charge < -0.3 is 14.4 Å². The van der Waals surface area contributed by atoms with Gasteiger partial charge >= 0.3 is 0 Å². The summed E-state index contributed by atoms with van der Waals surface area (Å²) < 4.78 is 4.09. The van der Waals surface area contributed by atoms with Crippen molar-refractivity contribution in [3.63, 3.8) is 0 Å². The maximum atomic E-state index is 12.6. The molecule has 0 aromatic carbocycles. The molecule has 142 valence electrons. The van der Waals surface area contributed by atoms with Crippen LogP contribution in [-0.4, -0.2) is 68.8 Å². The molecule has 1 unspecified atom stereocenters. The Morgan fingerprint density at radius 2 is 2.19 bits per heavy atom. The van der Waals surface area contributed by atoms with Gasteiger partial charge in [-0.3, -0.25) is 9.48 Å². The van der Waals surface area contributed by atoms with Crippen LogP contribution in [0.2, 0.25) is 0 Å². The molecular weight excluding hydrogens is 328 g/mol. The molecule has 26 heavy (non-hydrogen) atoms. The number of likely N-dealkylation sites (tertiary alicyclic amines) is 1. The molecule has 0 radical (unpaired) electrons. The highest BCUT2D eigenvalue weighted by Crippen LogP contribution is 2.26. The van der Waals surface area contributed by atoms with Crippen molar-refractivity contribution in [2.24, 2.45) is 0 Å². The van der Waals surface area contributed by atoms with Crippen molar-refractivity contribution in [3.8, 4) is 0 Å². The van der Waals surface area contributed by atoms with Gasteiger partial charge in [0.1, 0.15) is 5.82 Å². The maximum Gasteiger partial charge on any atom is 0.224 e. The van der Waals surface area contributed by atoms with Gasteiger partial charge in [0.05, 0.1) is 6.20 Å². The fraction of sp³-hybridized carbons (Fsp3) is 0.632. The minimum Gasteiger partial charge on any atom is -0.342 e. The summed E-state index contributed by atoms with van der Waals surface area (Å²) in [5.74, 6) is 1.66. The third-order valence-electron chi connectivity index (χ3n) is 4.99. The van der Waals surface area contributed by atoms with Gasteiger partial charge in [-0.25, -0.2) is 4.98 Å². The number of rotatable bonds is 7. The number of hydrogen-bond acceptors (Lipinski definition) is 4. The van der Waals surface area contributed by atoms with E-state index < -0.39 is 0 Å². The number of piperidine rings is 1. The van der Waals surface area contributed by atoms with E-state index in [4.69, 9.17) is 0 Å². The molecule has 2 aromatic rings. The topological polar surface area (TPSA) is 59.2 Å². The van der Waals surface area contributed by atoms with Gasteiger partial charge in [0, 0.05) is 63.7 Å². The first-order valence-corrected chi connectivity index (χ1v) is 9.45. The average molecular weight is 358 g/mol. The Morgan fingerprint density at radius 1 is 1.35 bits per heavy atom. The molecule has 1 amide bonds. The highest BCUT2D eigenvalue weighted by atomic mass is 16.2. The van der Waals surface area contributed by atoms with Crippen LogP contribution in [0.15, 0.2) is 24.8 Å². The summed E-state index contributed by atoms with van der Waals surface area (Å²) in [5, 5.41) is 4.26. The van der Waals surface area contributed by atoms with Crippen LogP contribution in [0.5, 0.6) is 0 Å². The number of aromatic nitrogens is 4. The van der Waals surface area contributed by atoms with Crippen molar-refractivity contribution in [2.75, 3.05) is 33.7 Å². The molecule has 1 aliphatic heterocycles. The minimum absolute atomic E-state index is 0.217. The molecule has 2 aromatic heterocycles. The second kappa shape index (κ2) is 8.49. The van der Waals surface area contributed by atoms with Crippen LogP contribution in [0, 0.1) is 6.92 Å². The monoisotopic (exact) mass is 358 g/mol. The maximum absolute atomic E-state index is 12.6. The smallest absolute Gasteiger partial charge is 0.224 e. The Morgan fingerprint density at radius 3 is 2.92 bits per heavy atom. The van der Waals surface area contributed by atoms with Gasteiger partial charge in [-0.05, 0) is 39.4 Å². The Kier molecular flexibility index (Phi) is 6.08. The number of amides is 1. The summed E-state index contributed by atoms with van der Waals surface area (Å²) in [6.07, 6.45) is 10.4. The van der Waals surface area contributed by atoms with Gasteiger partial charge in [0.25, 0.3) is 0 Å². The van der Waals surface area contributed by atoms with E-state index in [-0.39, 0.29) is 5.91 Å². The first-order valence-electron chi connectivity index (χ1n) is 9.45. The van der Waals surface area contributed by atoms with Crippen molar-refractivity contribution in [1.82, 2.24) is 29.1 Å². The van der Waals surface area contributed by atoms with Crippen LogP contribution in [-0.2, 0) is 17.9 Å². The van der Waals surface area contributed by atoms with Gasteiger partial charge in [0.15, 0.2) is 0 Å². The lowest BCUT2D eigenvalue weighted by Gasteiger charge is -2.33. The average Bonchev–Trinajstić information content (AvgIpc) is 3.26. The molecule has 1 aliphatic rings. The van der Waals surface area contributed by atoms with E-state index in [1.807, 2.05) is 35.1 Å². The lowest BCUT2D eigenvalue weighted by atomic mass is 9.96. The zero-order chi connectivity index (χ0) is 18.5. The zero-order valence-corrected chi connectivity index (χ0v) is 16.1. The third-order valence-corrected chi connectivity index (χ3v) is 4.99. The largest absolute Gasteiger partial charge is 0.342 e. The van der Waals surface area contributed by atoms with E-state index in [0.29, 0.717) is 18.9 Å². The lowest BCUT2D eigenvalue weighted by molar-refractivity contribution is -0.132. The standard InChI is InChI=1S/C19H30N6O/c1-16-13-21-25(14-16)9-6-18(26)24-8-4-5-17(15-24)19-20-7-10-23(19)12-11-22(2)3/h7,10,13-14,17H,4-6,8-9,11-12,15H2,1-3H3. The molecule has 1 fully saturated rings. The molecule has 0 saturated carbocycles. The van der Waals surface area contributed by atoms with Gasteiger partial charge in [0.2, 0.25) is 5.91 Å². The molecule has 1 saturated heterocycles. The Labute approximate surface area is 155 Å². The lowest BCUT2D eigenvalue weighted by Crippen LogP contribution is -2.40. The predicted molar refractivity (Wildman–Crippen MR) is 101 cm³/mol. The summed E-state index contributed by atoms with van der Waals surface area (Å²) in [6, 6.07) is 0. The quantitative estimate of drug-likeness (QED) is 0.757. The van der Waals surface area contributed by atoms with Crippen molar-refractivity contribution >= 4 is 5.91 Å². The van der Waals surface area contributed by atoms with E-state index in [0.717, 1.165) is 50.4 Å². The van der Waals surface area contributed by atoms with Crippen LogP contribution in [0.3, 0.4) is 0 Å². The Balaban J connectivity index is 1.57. The molecule has 3 rings (SSSR count). The van der Waals surface area contributed by atoms with Gasteiger partial charge in [-0.15, -0.1) is 0 Å². The van der Waals surface area contributed by atoms with Gasteiger partial charge in [-0.1, -0.05) is 0 Å². The number of aryl methyl sites for hydroxylation is 2. The van der Waals surface area contributed by atoms with Crippen molar-refractivity contribution in [2.45, 2.75) is 45.2 Å². The number of imidazole rings is 1. The number of carbonyl (C=O) groups is 1. The van der Waals surface area contributed by atoms with Crippen LogP contribution in [0.4, 0.5) is 0 Å². The van der Waals surface area contributed by atoms with E-state index >= 15 is 0 Å². The third kappa shape index (κ3) is 4.72. The van der Waals surface area contributed by atoms with Crippen molar-refractivity contribution in [1.29, 1.82) is 0 Å². The van der Waals surface area contributed by atoms with E-state index in [1.54, 1.807) is 0 Å². The molecule has 0 bridgehead atoms. The normalized spacial score (nSPS) is 17.8. The second-order valence-electron chi connectivity index (χ2n) is 7.49. The second-order valence-corrected chi connectivity index (χ2v) is 7.49. The highest BCUT2D eigenvalue weighted by molar-refractivity contribution is 5.76. The first kappa shape index (κ1) is 18.6. The van der Waals surface area contributed by atoms with E-state index in [9.17, 15) is 4.79 Å². The molecule has 0 N–H and O–H groups in total. The summed E-state index contributed by atoms with van der Waals surface area (Å²) >= 11 is 0. The Hall–Kier alpha value is -2.15. The van der Waals surface area contributed by atoms with Gasteiger partial charge in [-0.2, -0.15) is 5.10 Å². The van der Waals surface area contributed by atoms with Crippen LogP contribution in [0.25, 0.3) is 0 Å².